The van der Waals surface area contributed by atoms with Crippen molar-refractivity contribution in [2.75, 3.05) is 25.6 Å². The standard InChI is InChI=1S/C10H18N2O6S/c1-7(13)12(2)6-9(14)11-8(10(15)16)4-5-19(3,17)18/h8H,4-6H2,1-3H3,(H,11,14)(H,15,16). The van der Waals surface area contributed by atoms with E-state index in [2.05, 4.69) is 5.32 Å². The normalized spacial score (nSPS) is 12.6. The van der Waals surface area contributed by atoms with E-state index in [1.165, 1.54) is 14.0 Å². The van der Waals surface area contributed by atoms with Gasteiger partial charge in [-0.15, -0.1) is 0 Å². The molecule has 0 bridgehead atoms. The first-order valence-electron chi connectivity index (χ1n) is 5.44. The fraction of sp³-hybridized carbons (Fsp3) is 0.700. The van der Waals surface area contributed by atoms with Crippen molar-refractivity contribution >= 4 is 27.6 Å². The van der Waals surface area contributed by atoms with Crippen LogP contribution in [0.4, 0.5) is 0 Å². The minimum Gasteiger partial charge on any atom is -0.480 e. The molecular formula is C10H18N2O6S. The predicted octanol–water partition coefficient (Wildman–Crippen LogP) is -1.53. The lowest BCUT2D eigenvalue weighted by Gasteiger charge is -2.18. The van der Waals surface area contributed by atoms with E-state index in [1.54, 1.807) is 0 Å². The maximum atomic E-state index is 11.5. The van der Waals surface area contributed by atoms with Crippen molar-refractivity contribution < 1.29 is 27.9 Å². The number of carbonyl (C=O) groups excluding carboxylic acids is 2. The second-order valence-corrected chi connectivity index (χ2v) is 6.51. The van der Waals surface area contributed by atoms with E-state index in [0.717, 1.165) is 11.2 Å². The molecule has 0 aliphatic heterocycles. The number of carbonyl (C=O) groups is 3. The molecule has 1 atom stereocenters. The number of nitrogens with one attached hydrogen (secondary N) is 1. The molecule has 0 radical (unpaired) electrons. The Balaban J connectivity index is 4.47. The number of aliphatic carboxylic acids is 1. The third-order valence-electron chi connectivity index (χ3n) is 2.33. The molecule has 0 saturated carbocycles. The lowest BCUT2D eigenvalue weighted by Crippen LogP contribution is -2.46. The van der Waals surface area contributed by atoms with E-state index < -0.39 is 27.8 Å². The lowest BCUT2D eigenvalue weighted by atomic mass is 10.2. The van der Waals surface area contributed by atoms with Gasteiger partial charge in [0.25, 0.3) is 0 Å². The second-order valence-electron chi connectivity index (χ2n) is 4.25. The third-order valence-corrected chi connectivity index (χ3v) is 3.31. The number of likely N-dealkylation sites (N-methyl/N-ethyl adjacent to an activating group) is 1. The molecule has 2 amide bonds. The molecule has 0 aliphatic rings. The van der Waals surface area contributed by atoms with Crippen molar-refractivity contribution in [1.29, 1.82) is 0 Å². The number of hydrogen-bond donors (Lipinski definition) is 2. The average molecular weight is 294 g/mol. The molecule has 19 heavy (non-hydrogen) atoms. The Kier molecular flexibility index (Phi) is 6.46. The molecule has 0 rings (SSSR count). The summed E-state index contributed by atoms with van der Waals surface area (Å²) < 4.78 is 21.9. The molecule has 0 aliphatic carbocycles. The summed E-state index contributed by atoms with van der Waals surface area (Å²) in [5.74, 6) is -2.65. The summed E-state index contributed by atoms with van der Waals surface area (Å²) in [5, 5.41) is 11.1. The predicted molar refractivity (Wildman–Crippen MR) is 67.2 cm³/mol. The topological polar surface area (TPSA) is 121 Å². The Labute approximate surface area is 111 Å². The molecule has 0 aromatic heterocycles. The number of amides is 2. The van der Waals surface area contributed by atoms with Crippen molar-refractivity contribution in [2.24, 2.45) is 0 Å². The van der Waals surface area contributed by atoms with Gasteiger partial charge in [-0.1, -0.05) is 0 Å². The van der Waals surface area contributed by atoms with Crippen LogP contribution >= 0.6 is 0 Å². The monoisotopic (exact) mass is 294 g/mol. The summed E-state index contributed by atoms with van der Waals surface area (Å²) in [5.41, 5.74) is 0. The highest BCUT2D eigenvalue weighted by molar-refractivity contribution is 7.90. The lowest BCUT2D eigenvalue weighted by molar-refractivity contribution is -0.142. The average Bonchev–Trinajstić information content (AvgIpc) is 2.22. The zero-order valence-electron chi connectivity index (χ0n) is 11.0. The summed E-state index contributed by atoms with van der Waals surface area (Å²) in [6.07, 6.45) is 0.765. The van der Waals surface area contributed by atoms with Crippen LogP contribution in [-0.2, 0) is 24.2 Å². The molecule has 0 fully saturated rings. The van der Waals surface area contributed by atoms with Crippen LogP contribution in [0.25, 0.3) is 0 Å². The summed E-state index contributed by atoms with van der Waals surface area (Å²) >= 11 is 0. The van der Waals surface area contributed by atoms with E-state index >= 15 is 0 Å². The molecule has 0 aromatic rings. The molecule has 0 spiro atoms. The maximum absolute atomic E-state index is 11.5. The van der Waals surface area contributed by atoms with Gasteiger partial charge >= 0.3 is 5.97 Å². The second kappa shape index (κ2) is 7.07. The van der Waals surface area contributed by atoms with E-state index in [4.69, 9.17) is 5.11 Å². The first kappa shape index (κ1) is 17.4. The van der Waals surface area contributed by atoms with E-state index in [9.17, 15) is 22.8 Å². The van der Waals surface area contributed by atoms with Gasteiger partial charge in [0.05, 0.1) is 12.3 Å². The quantitative estimate of drug-likeness (QED) is 0.587. The molecule has 2 N–H and O–H groups in total. The van der Waals surface area contributed by atoms with Crippen LogP contribution in [0, 0.1) is 0 Å². The van der Waals surface area contributed by atoms with Gasteiger partial charge in [0.15, 0.2) is 0 Å². The third kappa shape index (κ3) is 8.14. The van der Waals surface area contributed by atoms with Gasteiger partial charge in [-0.05, 0) is 6.42 Å². The highest BCUT2D eigenvalue weighted by Crippen LogP contribution is 1.97. The number of carboxylic acid groups (broad SMARTS) is 1. The van der Waals surface area contributed by atoms with Gasteiger partial charge < -0.3 is 15.3 Å². The molecule has 0 aromatic carbocycles. The Hall–Kier alpha value is -1.64. The Morgan fingerprint density at radius 2 is 1.84 bits per heavy atom. The van der Waals surface area contributed by atoms with Crippen LogP contribution in [0.1, 0.15) is 13.3 Å². The molecule has 110 valence electrons. The zero-order valence-corrected chi connectivity index (χ0v) is 11.9. The number of carboxylic acids is 1. The number of hydrogen-bond acceptors (Lipinski definition) is 5. The SMILES string of the molecule is CC(=O)N(C)CC(=O)NC(CCS(C)(=O)=O)C(=O)O. The first-order valence-corrected chi connectivity index (χ1v) is 7.50. The van der Waals surface area contributed by atoms with Crippen LogP contribution in [0.5, 0.6) is 0 Å². The molecule has 0 heterocycles. The summed E-state index contributed by atoms with van der Waals surface area (Å²) in [6.45, 7) is 0.990. The summed E-state index contributed by atoms with van der Waals surface area (Å²) in [6, 6.07) is -1.29. The first-order chi connectivity index (χ1) is 8.53. The fourth-order valence-electron chi connectivity index (χ4n) is 1.16. The van der Waals surface area contributed by atoms with Crippen LogP contribution in [0.2, 0.25) is 0 Å². The van der Waals surface area contributed by atoms with Gasteiger partial charge in [-0.3, -0.25) is 9.59 Å². The Morgan fingerprint density at radius 1 is 1.32 bits per heavy atom. The van der Waals surface area contributed by atoms with E-state index in [-0.39, 0.29) is 24.6 Å². The molecule has 9 heteroatoms. The van der Waals surface area contributed by atoms with Gasteiger partial charge in [-0.2, -0.15) is 0 Å². The van der Waals surface area contributed by atoms with Crippen molar-refractivity contribution in [3.63, 3.8) is 0 Å². The number of rotatable bonds is 7. The van der Waals surface area contributed by atoms with Gasteiger partial charge in [0, 0.05) is 20.2 Å². The minimum absolute atomic E-state index is 0.219. The fourth-order valence-corrected chi connectivity index (χ4v) is 1.82. The number of nitrogens with zero attached hydrogens (tertiary/aromatic N) is 1. The Bertz CT molecular complexity index is 459. The van der Waals surface area contributed by atoms with Gasteiger partial charge in [0.1, 0.15) is 15.9 Å². The van der Waals surface area contributed by atoms with Gasteiger partial charge in [0.2, 0.25) is 11.8 Å². The smallest absolute Gasteiger partial charge is 0.326 e. The van der Waals surface area contributed by atoms with Gasteiger partial charge in [-0.25, -0.2) is 13.2 Å². The molecule has 0 saturated heterocycles. The molecule has 1 unspecified atom stereocenters. The van der Waals surface area contributed by atoms with E-state index in [1.807, 2.05) is 0 Å². The molecule has 8 nitrogen and oxygen atoms in total. The summed E-state index contributed by atoms with van der Waals surface area (Å²) in [7, 11) is -1.91. The maximum Gasteiger partial charge on any atom is 0.326 e. The van der Waals surface area contributed by atoms with Crippen molar-refractivity contribution in [3.05, 3.63) is 0 Å². The van der Waals surface area contributed by atoms with Crippen molar-refractivity contribution in [2.45, 2.75) is 19.4 Å². The largest absolute Gasteiger partial charge is 0.480 e. The van der Waals surface area contributed by atoms with Crippen LogP contribution < -0.4 is 5.32 Å². The van der Waals surface area contributed by atoms with Crippen LogP contribution in [0.15, 0.2) is 0 Å². The molecular weight excluding hydrogens is 276 g/mol. The highest BCUT2D eigenvalue weighted by Gasteiger charge is 2.22. The van der Waals surface area contributed by atoms with Crippen LogP contribution in [-0.4, -0.2) is 67.9 Å². The van der Waals surface area contributed by atoms with Crippen LogP contribution in [0.3, 0.4) is 0 Å². The highest BCUT2D eigenvalue weighted by atomic mass is 32.2. The Morgan fingerprint density at radius 3 is 2.21 bits per heavy atom. The van der Waals surface area contributed by atoms with Crippen molar-refractivity contribution in [1.82, 2.24) is 10.2 Å². The van der Waals surface area contributed by atoms with Crippen molar-refractivity contribution in [3.8, 4) is 0 Å². The van der Waals surface area contributed by atoms with E-state index in [0.29, 0.717) is 0 Å². The minimum atomic E-state index is -3.30. The zero-order chi connectivity index (χ0) is 15.2. The summed E-state index contributed by atoms with van der Waals surface area (Å²) in [4.78, 5) is 34.4. The number of sulfone groups is 1.